The van der Waals surface area contributed by atoms with Gasteiger partial charge in [-0.1, -0.05) is 6.07 Å². The van der Waals surface area contributed by atoms with Crippen molar-refractivity contribution in [2.45, 2.75) is 43.7 Å². The first-order valence-corrected chi connectivity index (χ1v) is 10.2. The molecule has 150 valence electrons. The number of hydrogen-bond donors (Lipinski definition) is 1. The lowest BCUT2D eigenvalue weighted by molar-refractivity contribution is -0.137. The van der Waals surface area contributed by atoms with Gasteiger partial charge in [0.1, 0.15) is 10.0 Å². The Morgan fingerprint density at radius 1 is 1.11 bits per heavy atom. The van der Waals surface area contributed by atoms with Crippen LogP contribution in [0, 0.1) is 0 Å². The minimum absolute atomic E-state index is 0.163. The van der Waals surface area contributed by atoms with Crippen LogP contribution in [0.25, 0.3) is 0 Å². The number of carbonyl (C=O) groups excluding carboxylic acids is 1. The van der Waals surface area contributed by atoms with E-state index < -0.39 is 11.7 Å². The zero-order chi connectivity index (χ0) is 19.7. The van der Waals surface area contributed by atoms with Gasteiger partial charge in [-0.2, -0.15) is 13.2 Å². The number of aromatic nitrogens is 2. The molecule has 1 aromatic carbocycles. The molecule has 1 aromatic heterocycles. The van der Waals surface area contributed by atoms with E-state index in [2.05, 4.69) is 15.5 Å². The van der Waals surface area contributed by atoms with Gasteiger partial charge in [-0.15, -0.1) is 21.5 Å². The number of benzene rings is 1. The second kappa shape index (κ2) is 7.79. The van der Waals surface area contributed by atoms with Crippen molar-refractivity contribution in [1.29, 1.82) is 0 Å². The Morgan fingerprint density at radius 3 is 2.36 bits per heavy atom. The lowest BCUT2D eigenvalue weighted by Crippen LogP contribution is -2.38. The van der Waals surface area contributed by atoms with Gasteiger partial charge in [-0.25, -0.2) is 0 Å². The number of piperidine rings is 1. The third-order valence-corrected chi connectivity index (χ3v) is 6.41. The fourth-order valence-electron chi connectivity index (χ4n) is 3.42. The number of alkyl halides is 3. The van der Waals surface area contributed by atoms with E-state index in [9.17, 15) is 18.0 Å². The minimum atomic E-state index is -4.42. The maximum Gasteiger partial charge on any atom is 0.416 e. The fraction of sp³-hybridized carbons (Fsp3) is 0.526. The summed E-state index contributed by atoms with van der Waals surface area (Å²) in [5.74, 6) is 0.698. The molecule has 1 aliphatic heterocycles. The first kappa shape index (κ1) is 19.3. The van der Waals surface area contributed by atoms with Crippen molar-refractivity contribution in [1.82, 2.24) is 15.1 Å². The van der Waals surface area contributed by atoms with Gasteiger partial charge in [0.2, 0.25) is 5.91 Å². The smallest absolute Gasteiger partial charge is 0.325 e. The van der Waals surface area contributed by atoms with Crippen LogP contribution in [0.1, 0.15) is 53.1 Å². The highest BCUT2D eigenvalue weighted by molar-refractivity contribution is 7.11. The first-order valence-electron chi connectivity index (χ1n) is 9.41. The molecule has 9 heteroatoms. The van der Waals surface area contributed by atoms with Crippen LogP contribution in [0.2, 0.25) is 0 Å². The summed E-state index contributed by atoms with van der Waals surface area (Å²) in [6, 6.07) is 4.70. The van der Waals surface area contributed by atoms with Gasteiger partial charge >= 0.3 is 6.18 Å². The number of amides is 1. The highest BCUT2D eigenvalue weighted by atomic mass is 32.1. The Bertz CT molecular complexity index is 842. The SMILES string of the molecule is O=C(CN1CCC(c2nnc(C3CC3)s2)CC1)Nc1cccc(C(F)(F)F)c1. The van der Waals surface area contributed by atoms with Crippen molar-refractivity contribution in [2.75, 3.05) is 25.0 Å². The average molecular weight is 410 g/mol. The first-order chi connectivity index (χ1) is 13.4. The molecule has 1 saturated heterocycles. The molecule has 1 saturated carbocycles. The quantitative estimate of drug-likeness (QED) is 0.801. The second-order valence-electron chi connectivity index (χ2n) is 7.43. The lowest BCUT2D eigenvalue weighted by atomic mass is 9.98. The summed E-state index contributed by atoms with van der Waals surface area (Å²) < 4.78 is 38.3. The molecule has 0 spiro atoms. The van der Waals surface area contributed by atoms with E-state index in [-0.39, 0.29) is 18.1 Å². The van der Waals surface area contributed by atoms with Crippen LogP contribution in [-0.2, 0) is 11.0 Å². The summed E-state index contributed by atoms with van der Waals surface area (Å²) in [5.41, 5.74) is -0.607. The van der Waals surface area contributed by atoms with Gasteiger partial charge in [0.15, 0.2) is 0 Å². The standard InChI is InChI=1S/C19H21F3N4OS/c20-19(21,22)14-2-1-3-15(10-14)23-16(27)11-26-8-6-13(7-9-26)18-25-24-17(28-18)12-4-5-12/h1-3,10,12-13H,4-9,11H2,(H,23,27). The topological polar surface area (TPSA) is 58.1 Å². The summed E-state index contributed by atoms with van der Waals surface area (Å²) in [7, 11) is 0. The summed E-state index contributed by atoms with van der Waals surface area (Å²) >= 11 is 1.72. The van der Waals surface area contributed by atoms with Crippen LogP contribution >= 0.6 is 11.3 Å². The summed E-state index contributed by atoms with van der Waals surface area (Å²) in [6.45, 7) is 1.70. The maximum atomic E-state index is 12.8. The molecule has 1 aliphatic carbocycles. The molecule has 4 rings (SSSR count). The van der Waals surface area contributed by atoms with Crippen molar-refractivity contribution >= 4 is 22.9 Å². The molecule has 0 atom stereocenters. The molecule has 2 aliphatic rings. The molecular weight excluding hydrogens is 389 g/mol. The molecule has 5 nitrogen and oxygen atoms in total. The molecule has 1 amide bonds. The van der Waals surface area contributed by atoms with Gasteiger partial charge in [0.05, 0.1) is 12.1 Å². The Kier molecular flexibility index (Phi) is 5.37. The van der Waals surface area contributed by atoms with Crippen molar-refractivity contribution in [3.05, 3.63) is 39.8 Å². The molecule has 0 radical (unpaired) electrons. The molecule has 2 aromatic rings. The largest absolute Gasteiger partial charge is 0.416 e. The lowest BCUT2D eigenvalue weighted by Gasteiger charge is -2.30. The normalized spacial score (nSPS) is 19.0. The van der Waals surface area contributed by atoms with Gasteiger partial charge in [0.25, 0.3) is 0 Å². The number of halogens is 3. The molecule has 2 heterocycles. The number of likely N-dealkylation sites (tertiary alicyclic amines) is 1. The summed E-state index contributed by atoms with van der Waals surface area (Å²) in [4.78, 5) is 14.3. The number of rotatable bonds is 5. The zero-order valence-corrected chi connectivity index (χ0v) is 16.0. The monoisotopic (exact) mass is 410 g/mol. The van der Waals surface area contributed by atoms with E-state index in [1.807, 2.05) is 4.90 Å². The van der Waals surface area contributed by atoms with Crippen LogP contribution in [0.15, 0.2) is 24.3 Å². The van der Waals surface area contributed by atoms with Gasteiger partial charge < -0.3 is 5.32 Å². The van der Waals surface area contributed by atoms with E-state index in [1.165, 1.54) is 25.0 Å². The Balaban J connectivity index is 1.27. The van der Waals surface area contributed by atoms with E-state index >= 15 is 0 Å². The highest BCUT2D eigenvalue weighted by Gasteiger charge is 2.31. The Labute approximate surface area is 165 Å². The number of carbonyl (C=O) groups is 1. The van der Waals surface area contributed by atoms with Crippen LogP contribution in [0.4, 0.5) is 18.9 Å². The van der Waals surface area contributed by atoms with Gasteiger partial charge in [-0.05, 0) is 57.0 Å². The van der Waals surface area contributed by atoms with E-state index in [4.69, 9.17) is 0 Å². The third kappa shape index (κ3) is 4.70. The Morgan fingerprint density at radius 2 is 1.75 bits per heavy atom. The van der Waals surface area contributed by atoms with E-state index in [0.717, 1.165) is 48.1 Å². The van der Waals surface area contributed by atoms with Crippen LogP contribution in [-0.4, -0.2) is 40.6 Å². The van der Waals surface area contributed by atoms with Crippen molar-refractivity contribution < 1.29 is 18.0 Å². The summed E-state index contributed by atoms with van der Waals surface area (Å²) in [6.07, 6.45) is -0.166. The molecule has 0 bridgehead atoms. The van der Waals surface area contributed by atoms with Crippen molar-refractivity contribution in [2.24, 2.45) is 0 Å². The number of hydrogen-bond acceptors (Lipinski definition) is 5. The molecular formula is C19H21F3N4OS. The number of nitrogens with one attached hydrogen (secondary N) is 1. The average Bonchev–Trinajstić information content (AvgIpc) is 3.39. The zero-order valence-electron chi connectivity index (χ0n) is 15.2. The van der Waals surface area contributed by atoms with Crippen LogP contribution < -0.4 is 5.32 Å². The predicted molar refractivity (Wildman–Crippen MR) is 100 cm³/mol. The van der Waals surface area contributed by atoms with Crippen LogP contribution in [0.3, 0.4) is 0 Å². The molecule has 28 heavy (non-hydrogen) atoms. The Hall–Kier alpha value is -2.00. The second-order valence-corrected chi connectivity index (χ2v) is 8.47. The van der Waals surface area contributed by atoms with Crippen molar-refractivity contribution in [3.63, 3.8) is 0 Å². The van der Waals surface area contributed by atoms with Crippen molar-refractivity contribution in [3.8, 4) is 0 Å². The van der Waals surface area contributed by atoms with Gasteiger partial charge in [-0.3, -0.25) is 9.69 Å². The summed E-state index contributed by atoms with van der Waals surface area (Å²) in [5, 5.41) is 13.5. The predicted octanol–water partition coefficient (Wildman–Crippen LogP) is 4.25. The van der Waals surface area contributed by atoms with Crippen LogP contribution in [0.5, 0.6) is 0 Å². The third-order valence-electron chi connectivity index (χ3n) is 5.16. The van der Waals surface area contributed by atoms with E-state index in [0.29, 0.717) is 11.8 Å². The fourth-order valence-corrected chi connectivity index (χ4v) is 4.60. The molecule has 1 N–H and O–H groups in total. The van der Waals surface area contributed by atoms with E-state index in [1.54, 1.807) is 11.3 Å². The maximum absolute atomic E-state index is 12.8. The molecule has 2 fully saturated rings. The highest BCUT2D eigenvalue weighted by Crippen LogP contribution is 2.43. The molecule has 0 unspecified atom stereocenters. The minimum Gasteiger partial charge on any atom is -0.325 e. The number of anilines is 1. The number of nitrogens with zero attached hydrogens (tertiary/aromatic N) is 3. The van der Waals surface area contributed by atoms with Gasteiger partial charge in [0, 0.05) is 17.5 Å².